The first-order valence-corrected chi connectivity index (χ1v) is 11.5. The van der Waals surface area contributed by atoms with Crippen LogP contribution in [0.2, 0.25) is 0 Å². The summed E-state index contributed by atoms with van der Waals surface area (Å²) in [6.07, 6.45) is 6.52. The maximum absolute atomic E-state index is 14.4. The predicted molar refractivity (Wildman–Crippen MR) is 113 cm³/mol. The van der Waals surface area contributed by atoms with Crippen LogP contribution in [0.4, 0.5) is 16.2 Å². The fourth-order valence-electron chi connectivity index (χ4n) is 5.32. The zero-order valence-electron chi connectivity index (χ0n) is 18.2. The van der Waals surface area contributed by atoms with E-state index in [2.05, 4.69) is 33.9 Å². The molecule has 166 valence electrons. The number of fused-ring (bicyclic) bond motifs is 1. The van der Waals surface area contributed by atoms with Crippen LogP contribution in [0.3, 0.4) is 0 Å². The first kappa shape index (κ1) is 20.4. The van der Waals surface area contributed by atoms with E-state index >= 15 is 0 Å². The Balaban J connectivity index is 1.28. The summed E-state index contributed by atoms with van der Waals surface area (Å²) in [5, 5.41) is 0. The van der Waals surface area contributed by atoms with E-state index in [-0.39, 0.29) is 5.82 Å². The Bertz CT molecular complexity index is 740. The summed E-state index contributed by atoms with van der Waals surface area (Å²) in [6.45, 7) is 5.36. The minimum atomic E-state index is -0.349. The molecule has 7 nitrogen and oxygen atoms in total. The maximum atomic E-state index is 14.4. The van der Waals surface area contributed by atoms with Gasteiger partial charge < -0.3 is 24.2 Å². The molecule has 4 atom stereocenters. The normalized spacial score (nSPS) is 32.0. The Labute approximate surface area is 178 Å². The van der Waals surface area contributed by atoms with Crippen molar-refractivity contribution in [3.8, 4) is 0 Å². The van der Waals surface area contributed by atoms with Gasteiger partial charge in [0, 0.05) is 38.8 Å². The molecule has 2 saturated heterocycles. The number of halogens is 1. The van der Waals surface area contributed by atoms with Crippen molar-refractivity contribution < 1.29 is 13.9 Å². The van der Waals surface area contributed by atoms with Crippen LogP contribution in [0, 0.1) is 23.6 Å². The molecule has 0 aromatic carbocycles. The van der Waals surface area contributed by atoms with Crippen LogP contribution in [-0.2, 0) is 9.47 Å². The molecule has 4 aliphatic rings. The summed E-state index contributed by atoms with van der Waals surface area (Å²) in [4.78, 5) is 15.6. The lowest BCUT2D eigenvalue weighted by molar-refractivity contribution is -0.0493. The van der Waals surface area contributed by atoms with E-state index in [1.807, 2.05) is 4.90 Å². The van der Waals surface area contributed by atoms with Gasteiger partial charge in [0.15, 0.2) is 11.6 Å². The van der Waals surface area contributed by atoms with Gasteiger partial charge in [0.05, 0.1) is 25.5 Å². The van der Waals surface area contributed by atoms with Gasteiger partial charge in [-0.15, -0.1) is 0 Å². The third-order valence-electron chi connectivity index (χ3n) is 7.30. The van der Waals surface area contributed by atoms with Gasteiger partial charge in [0.1, 0.15) is 0 Å². The van der Waals surface area contributed by atoms with Crippen molar-refractivity contribution >= 4 is 11.8 Å². The molecule has 3 heterocycles. The summed E-state index contributed by atoms with van der Waals surface area (Å²) >= 11 is 0. The van der Waals surface area contributed by atoms with Crippen LogP contribution < -0.4 is 9.80 Å². The lowest BCUT2D eigenvalue weighted by Gasteiger charge is -2.41. The molecule has 2 aliphatic heterocycles. The van der Waals surface area contributed by atoms with Gasteiger partial charge >= 0.3 is 0 Å². The molecule has 0 radical (unpaired) electrons. The summed E-state index contributed by atoms with van der Waals surface area (Å²) < 4.78 is 26.2. The van der Waals surface area contributed by atoms with Gasteiger partial charge in [-0.2, -0.15) is 4.98 Å². The molecule has 2 saturated carbocycles. The molecule has 2 aliphatic carbocycles. The first-order valence-electron chi connectivity index (χ1n) is 11.5. The highest BCUT2D eigenvalue weighted by atomic mass is 19.1. The Kier molecular flexibility index (Phi) is 5.82. The highest BCUT2D eigenvalue weighted by Crippen LogP contribution is 2.41. The topological polar surface area (TPSA) is 54.0 Å². The zero-order valence-corrected chi connectivity index (χ0v) is 18.2. The van der Waals surface area contributed by atoms with E-state index in [0.717, 1.165) is 38.5 Å². The average molecular weight is 420 g/mol. The largest absolute Gasteiger partial charge is 0.378 e. The molecule has 0 unspecified atom stereocenters. The van der Waals surface area contributed by atoms with E-state index in [9.17, 15) is 4.39 Å². The molecule has 1 aromatic heterocycles. The Morgan fingerprint density at radius 1 is 1.13 bits per heavy atom. The number of hydrogen-bond donors (Lipinski definition) is 0. The Hall–Kier alpha value is -1.51. The van der Waals surface area contributed by atoms with E-state index in [1.165, 1.54) is 19.0 Å². The molecule has 0 bridgehead atoms. The maximum Gasteiger partial charge on any atom is 0.227 e. The van der Waals surface area contributed by atoms with Gasteiger partial charge in [0.2, 0.25) is 5.95 Å². The van der Waals surface area contributed by atoms with Crippen molar-refractivity contribution in [3.05, 3.63) is 12.0 Å². The van der Waals surface area contributed by atoms with E-state index in [0.29, 0.717) is 62.1 Å². The van der Waals surface area contributed by atoms with Crippen LogP contribution in [0.25, 0.3) is 0 Å². The molecular formula is C22H34FN5O2. The number of ether oxygens (including phenoxy) is 2. The summed E-state index contributed by atoms with van der Waals surface area (Å²) in [6, 6.07) is 0.461. The number of rotatable bonds is 6. The highest BCUT2D eigenvalue weighted by Gasteiger charge is 2.44. The molecule has 8 heteroatoms. The predicted octanol–water partition coefficient (Wildman–Crippen LogP) is 2.02. The molecule has 0 spiro atoms. The summed E-state index contributed by atoms with van der Waals surface area (Å²) in [7, 11) is 4.34. The van der Waals surface area contributed by atoms with Crippen LogP contribution in [0.5, 0.6) is 0 Å². The third kappa shape index (κ3) is 4.27. The number of morpholine rings is 1. The van der Waals surface area contributed by atoms with Crippen LogP contribution in [-0.4, -0.2) is 87.1 Å². The number of nitrogens with zero attached hydrogens (tertiary/aromatic N) is 5. The van der Waals surface area contributed by atoms with Crippen molar-refractivity contribution in [2.24, 2.45) is 17.8 Å². The molecule has 0 N–H and O–H groups in total. The van der Waals surface area contributed by atoms with E-state index in [1.54, 1.807) is 0 Å². The monoisotopic (exact) mass is 419 g/mol. The Morgan fingerprint density at radius 2 is 1.87 bits per heavy atom. The fourth-order valence-corrected chi connectivity index (χ4v) is 5.32. The minimum absolute atomic E-state index is 0.305. The van der Waals surface area contributed by atoms with Crippen molar-refractivity contribution in [3.63, 3.8) is 0 Å². The van der Waals surface area contributed by atoms with Gasteiger partial charge in [-0.1, -0.05) is 0 Å². The Morgan fingerprint density at radius 3 is 2.57 bits per heavy atom. The average Bonchev–Trinajstić information content (AvgIpc) is 3.49. The fraction of sp³-hybridized carbons (Fsp3) is 0.818. The summed E-state index contributed by atoms with van der Waals surface area (Å²) in [5.74, 6) is 2.71. The number of anilines is 2. The number of hydrogen-bond acceptors (Lipinski definition) is 7. The quantitative estimate of drug-likeness (QED) is 0.699. The van der Waals surface area contributed by atoms with Gasteiger partial charge in [-0.25, -0.2) is 9.37 Å². The molecule has 0 amide bonds. The molecule has 5 rings (SSSR count). The lowest BCUT2D eigenvalue weighted by atomic mass is 9.77. The number of likely N-dealkylation sites (N-methyl/N-ethyl adjacent to an activating group) is 1. The van der Waals surface area contributed by atoms with Gasteiger partial charge in [0.25, 0.3) is 0 Å². The minimum Gasteiger partial charge on any atom is -0.378 e. The van der Waals surface area contributed by atoms with Crippen LogP contribution in [0.15, 0.2) is 6.20 Å². The van der Waals surface area contributed by atoms with Gasteiger partial charge in [-0.3, -0.25) is 0 Å². The lowest BCUT2D eigenvalue weighted by Crippen LogP contribution is -2.48. The smallest absolute Gasteiger partial charge is 0.227 e. The highest BCUT2D eigenvalue weighted by molar-refractivity contribution is 5.46. The van der Waals surface area contributed by atoms with Crippen molar-refractivity contribution in [1.29, 1.82) is 0 Å². The van der Waals surface area contributed by atoms with Crippen LogP contribution in [0.1, 0.15) is 25.7 Å². The third-order valence-corrected chi connectivity index (χ3v) is 7.30. The molecule has 1 aromatic rings. The van der Waals surface area contributed by atoms with Crippen molar-refractivity contribution in [2.75, 3.05) is 69.9 Å². The second kappa shape index (κ2) is 8.55. The number of aromatic nitrogens is 2. The standard InChI is InChI=1S/C22H34FN5O2/c1-26(2)19-9-16-12-28(13-17(16)10-20(19)30-14-15-3-4-15)22-24-11-18(23)21(25-22)27-5-7-29-8-6-27/h11,15-17,19-20H,3-10,12-14H2,1-2H3/t16-,17+,19-,20-/m1/s1. The second-order valence-electron chi connectivity index (χ2n) is 9.68. The van der Waals surface area contributed by atoms with Crippen LogP contribution >= 0.6 is 0 Å². The molecule has 30 heavy (non-hydrogen) atoms. The molecule has 4 fully saturated rings. The van der Waals surface area contributed by atoms with Gasteiger partial charge in [-0.05, 0) is 57.5 Å². The van der Waals surface area contributed by atoms with E-state index < -0.39 is 0 Å². The SMILES string of the molecule is CN(C)[C@@H]1C[C@@H]2CN(c3ncc(F)c(N4CCOCC4)n3)C[C@@H]2C[C@H]1OCC1CC1. The zero-order chi connectivity index (χ0) is 20.7. The second-order valence-corrected chi connectivity index (χ2v) is 9.68. The first-order chi connectivity index (χ1) is 14.6. The van der Waals surface area contributed by atoms with Crippen molar-refractivity contribution in [2.45, 2.75) is 37.8 Å². The molecular weight excluding hydrogens is 385 g/mol. The van der Waals surface area contributed by atoms with Crippen molar-refractivity contribution in [1.82, 2.24) is 14.9 Å². The van der Waals surface area contributed by atoms with E-state index in [4.69, 9.17) is 9.47 Å². The summed E-state index contributed by atoms with van der Waals surface area (Å²) in [5.41, 5.74) is 0.